The molecular weight excluding hydrogens is 492 g/mol. The summed E-state index contributed by atoms with van der Waals surface area (Å²) in [5, 5.41) is 26.8. The number of aliphatic carboxylic acids is 1. The number of hydrogen-bond acceptors (Lipinski definition) is 8. The molecule has 0 aliphatic carbocycles. The number of carbonyl (C=O) groups excluding carboxylic acids is 3. The highest BCUT2D eigenvalue weighted by Gasteiger charge is 2.30. The molecule has 0 aromatic heterocycles. The highest BCUT2D eigenvalue weighted by Crippen LogP contribution is 2.13. The van der Waals surface area contributed by atoms with E-state index in [9.17, 15) is 29.4 Å². The standard InChI is InChI=1S/C23H36N4O6S2/c1-13(2)10-18(26-21(30)17(8-9-35-3)25-20(29)16(24)12-34)22(31)27-19(23(32)33)11-14-4-6-15(28)7-5-14/h4-7,13,16-19,28,34H,8-12,24H2,1-3H3,(H,25,29)(H,26,30)(H,27,31)(H,32,33). The maximum Gasteiger partial charge on any atom is 0.326 e. The Labute approximate surface area is 215 Å². The first-order valence-electron chi connectivity index (χ1n) is 11.3. The minimum atomic E-state index is -1.24. The van der Waals surface area contributed by atoms with Gasteiger partial charge in [0.05, 0.1) is 6.04 Å². The molecule has 0 radical (unpaired) electrons. The first-order valence-corrected chi connectivity index (χ1v) is 13.3. The Kier molecular flexibility index (Phi) is 13.6. The van der Waals surface area contributed by atoms with Crippen LogP contribution in [0.3, 0.4) is 0 Å². The Morgan fingerprint density at radius 1 is 0.971 bits per heavy atom. The zero-order chi connectivity index (χ0) is 26.5. The highest BCUT2D eigenvalue weighted by molar-refractivity contribution is 7.98. The van der Waals surface area contributed by atoms with Crippen molar-refractivity contribution in [1.29, 1.82) is 0 Å². The van der Waals surface area contributed by atoms with Gasteiger partial charge in [0, 0.05) is 12.2 Å². The number of thioether (sulfide) groups is 1. The van der Waals surface area contributed by atoms with E-state index in [4.69, 9.17) is 5.73 Å². The van der Waals surface area contributed by atoms with Crippen LogP contribution in [0, 0.1) is 5.92 Å². The third-order valence-electron chi connectivity index (χ3n) is 5.11. The Morgan fingerprint density at radius 3 is 2.03 bits per heavy atom. The van der Waals surface area contributed by atoms with Crippen molar-refractivity contribution in [3.05, 3.63) is 29.8 Å². The maximum absolute atomic E-state index is 13.0. The number of carbonyl (C=O) groups is 4. The number of nitrogens with two attached hydrogens (primary N) is 1. The van der Waals surface area contributed by atoms with Crippen LogP contribution in [0.5, 0.6) is 5.75 Å². The molecule has 0 bridgehead atoms. The first kappa shape index (κ1) is 30.6. The van der Waals surface area contributed by atoms with Crippen LogP contribution in [0.25, 0.3) is 0 Å². The summed E-state index contributed by atoms with van der Waals surface area (Å²) in [6, 6.07) is 1.97. The van der Waals surface area contributed by atoms with Gasteiger partial charge in [0.15, 0.2) is 0 Å². The van der Waals surface area contributed by atoms with Crippen molar-refractivity contribution in [2.75, 3.05) is 17.8 Å². The van der Waals surface area contributed by atoms with Gasteiger partial charge in [-0.3, -0.25) is 14.4 Å². The lowest BCUT2D eigenvalue weighted by Gasteiger charge is -2.26. The minimum absolute atomic E-state index is 0.00226. The number of thiol groups is 1. The van der Waals surface area contributed by atoms with Gasteiger partial charge < -0.3 is 31.9 Å². The number of aromatic hydroxyl groups is 1. The van der Waals surface area contributed by atoms with Crippen LogP contribution in [0.2, 0.25) is 0 Å². The van der Waals surface area contributed by atoms with Crippen molar-refractivity contribution in [3.8, 4) is 5.75 Å². The van der Waals surface area contributed by atoms with E-state index < -0.39 is 47.9 Å². The Balaban J connectivity index is 2.98. The lowest BCUT2D eigenvalue weighted by molar-refractivity contribution is -0.142. The van der Waals surface area contributed by atoms with E-state index in [2.05, 4.69) is 28.6 Å². The van der Waals surface area contributed by atoms with Crippen molar-refractivity contribution < 1.29 is 29.4 Å². The molecule has 196 valence electrons. The van der Waals surface area contributed by atoms with Crippen molar-refractivity contribution in [2.45, 2.75) is 57.3 Å². The second-order valence-corrected chi connectivity index (χ2v) is 9.94. The Bertz CT molecular complexity index is 853. The molecule has 4 unspecified atom stereocenters. The summed E-state index contributed by atoms with van der Waals surface area (Å²) < 4.78 is 0. The Hall–Kier alpha value is -2.44. The van der Waals surface area contributed by atoms with E-state index in [1.807, 2.05) is 20.1 Å². The number of carboxylic acids is 1. The molecule has 0 aliphatic heterocycles. The number of phenolic OH excluding ortho intramolecular Hbond substituents is 1. The highest BCUT2D eigenvalue weighted by atomic mass is 32.2. The number of nitrogens with one attached hydrogen (secondary N) is 3. The summed E-state index contributed by atoms with van der Waals surface area (Å²) in [6.45, 7) is 3.74. The van der Waals surface area contributed by atoms with Gasteiger partial charge in [-0.15, -0.1) is 0 Å². The fraction of sp³-hybridized carbons (Fsp3) is 0.565. The molecule has 0 spiro atoms. The largest absolute Gasteiger partial charge is 0.508 e. The summed E-state index contributed by atoms with van der Waals surface area (Å²) in [4.78, 5) is 50.1. The number of phenols is 1. The monoisotopic (exact) mass is 528 g/mol. The molecule has 1 aromatic carbocycles. The third-order valence-corrected chi connectivity index (χ3v) is 6.15. The first-order chi connectivity index (χ1) is 16.5. The van der Waals surface area contributed by atoms with Crippen LogP contribution in [-0.2, 0) is 25.6 Å². The third kappa shape index (κ3) is 11.2. The van der Waals surface area contributed by atoms with E-state index >= 15 is 0 Å². The summed E-state index contributed by atoms with van der Waals surface area (Å²) >= 11 is 5.50. The van der Waals surface area contributed by atoms with E-state index in [0.717, 1.165) is 0 Å². The molecule has 12 heteroatoms. The van der Waals surface area contributed by atoms with Gasteiger partial charge in [-0.2, -0.15) is 24.4 Å². The predicted molar refractivity (Wildman–Crippen MR) is 140 cm³/mol. The quantitative estimate of drug-likeness (QED) is 0.162. The average Bonchev–Trinajstić information content (AvgIpc) is 2.80. The van der Waals surface area contributed by atoms with Crippen LogP contribution in [0.1, 0.15) is 32.3 Å². The van der Waals surface area contributed by atoms with Crippen LogP contribution in [-0.4, -0.2) is 75.8 Å². The molecule has 0 heterocycles. The van der Waals surface area contributed by atoms with Gasteiger partial charge in [-0.1, -0.05) is 26.0 Å². The number of carboxylic acid groups (broad SMARTS) is 1. The number of benzene rings is 1. The van der Waals surface area contributed by atoms with Crippen LogP contribution in [0.15, 0.2) is 24.3 Å². The average molecular weight is 529 g/mol. The number of rotatable bonds is 15. The van der Waals surface area contributed by atoms with Gasteiger partial charge in [-0.05, 0) is 48.5 Å². The molecule has 3 amide bonds. The molecule has 0 saturated carbocycles. The zero-order valence-electron chi connectivity index (χ0n) is 20.2. The van der Waals surface area contributed by atoms with Gasteiger partial charge in [-0.25, -0.2) is 4.79 Å². The van der Waals surface area contributed by atoms with E-state index in [0.29, 0.717) is 17.7 Å². The maximum atomic E-state index is 13.0. The lowest BCUT2D eigenvalue weighted by atomic mass is 10.0. The van der Waals surface area contributed by atoms with Gasteiger partial charge in [0.2, 0.25) is 17.7 Å². The number of amides is 3. The van der Waals surface area contributed by atoms with Crippen LogP contribution >= 0.6 is 24.4 Å². The normalized spacial score (nSPS) is 14.5. The number of hydrogen-bond donors (Lipinski definition) is 7. The molecule has 0 fully saturated rings. The fourth-order valence-corrected chi connectivity index (χ4v) is 3.82. The Morgan fingerprint density at radius 2 is 1.51 bits per heavy atom. The molecule has 7 N–H and O–H groups in total. The summed E-state index contributed by atoms with van der Waals surface area (Å²) in [5.74, 6) is -2.18. The summed E-state index contributed by atoms with van der Waals surface area (Å²) in [6.07, 6.45) is 2.46. The van der Waals surface area contributed by atoms with Crippen molar-refractivity contribution >= 4 is 48.1 Å². The smallest absolute Gasteiger partial charge is 0.326 e. The molecule has 0 saturated heterocycles. The van der Waals surface area contributed by atoms with Crippen molar-refractivity contribution in [1.82, 2.24) is 16.0 Å². The topological polar surface area (TPSA) is 171 Å². The van der Waals surface area contributed by atoms with Crippen LogP contribution < -0.4 is 21.7 Å². The molecule has 35 heavy (non-hydrogen) atoms. The van der Waals surface area contributed by atoms with Gasteiger partial charge in [0.1, 0.15) is 23.9 Å². The van der Waals surface area contributed by atoms with Crippen molar-refractivity contribution in [3.63, 3.8) is 0 Å². The molecule has 1 rings (SSSR count). The molecule has 1 aromatic rings. The molecule has 10 nitrogen and oxygen atoms in total. The van der Waals surface area contributed by atoms with Crippen molar-refractivity contribution in [2.24, 2.45) is 11.7 Å². The van der Waals surface area contributed by atoms with E-state index in [1.165, 1.54) is 23.9 Å². The van der Waals surface area contributed by atoms with Crippen LogP contribution in [0.4, 0.5) is 0 Å². The van der Waals surface area contributed by atoms with Gasteiger partial charge >= 0.3 is 5.97 Å². The van der Waals surface area contributed by atoms with Gasteiger partial charge in [0.25, 0.3) is 0 Å². The second-order valence-electron chi connectivity index (χ2n) is 8.59. The zero-order valence-corrected chi connectivity index (χ0v) is 21.9. The lowest BCUT2D eigenvalue weighted by Crippen LogP contribution is -2.57. The second kappa shape index (κ2) is 15.5. The summed E-state index contributed by atoms with van der Waals surface area (Å²) in [5.41, 5.74) is 6.32. The van der Waals surface area contributed by atoms with E-state index in [1.54, 1.807) is 12.1 Å². The minimum Gasteiger partial charge on any atom is -0.508 e. The molecule has 4 atom stereocenters. The molecular formula is C23H36N4O6S2. The van der Waals surface area contributed by atoms with E-state index in [-0.39, 0.29) is 30.3 Å². The summed E-state index contributed by atoms with van der Waals surface area (Å²) in [7, 11) is 0. The SMILES string of the molecule is CSCCC(NC(=O)C(N)CS)C(=O)NC(CC(C)C)C(=O)NC(Cc1ccc(O)cc1)C(=O)O. The fourth-order valence-electron chi connectivity index (χ4n) is 3.18. The molecule has 0 aliphatic rings. The predicted octanol–water partition coefficient (Wildman–Crippen LogP) is 0.530.